The molecule has 0 aromatic heterocycles. The Morgan fingerprint density at radius 1 is 1.24 bits per heavy atom. The molecule has 0 aliphatic carbocycles. The Kier molecular flexibility index (Phi) is 6.29. The molecule has 0 radical (unpaired) electrons. The second-order valence-electron chi connectivity index (χ2n) is 7.24. The average Bonchev–Trinajstić information content (AvgIpc) is 3.13. The molecular formula is C20H29FN2O2. The quantitative estimate of drug-likeness (QED) is 0.789. The molecule has 1 aromatic rings. The Labute approximate surface area is 149 Å². The van der Waals surface area contributed by atoms with E-state index in [0.717, 1.165) is 32.4 Å². The zero-order valence-electron chi connectivity index (χ0n) is 15.1. The molecule has 0 unspecified atom stereocenters. The first-order valence-electron chi connectivity index (χ1n) is 9.58. The summed E-state index contributed by atoms with van der Waals surface area (Å²) in [7, 11) is 0. The van der Waals surface area contributed by atoms with E-state index in [1.54, 1.807) is 19.1 Å². The van der Waals surface area contributed by atoms with Gasteiger partial charge in [-0.1, -0.05) is 6.07 Å². The number of likely N-dealkylation sites (tertiary alicyclic amines) is 2. The van der Waals surface area contributed by atoms with Crippen LogP contribution in [0.2, 0.25) is 0 Å². The Hall–Kier alpha value is -1.62. The minimum Gasteiger partial charge on any atom is -0.481 e. The molecular weight excluding hydrogens is 319 g/mol. The van der Waals surface area contributed by atoms with Gasteiger partial charge in [-0.2, -0.15) is 0 Å². The van der Waals surface area contributed by atoms with E-state index in [2.05, 4.69) is 4.90 Å². The molecule has 2 heterocycles. The van der Waals surface area contributed by atoms with Crippen LogP contribution in [0.5, 0.6) is 5.75 Å². The van der Waals surface area contributed by atoms with Crippen molar-refractivity contribution in [3.8, 4) is 5.75 Å². The van der Waals surface area contributed by atoms with Crippen LogP contribution >= 0.6 is 0 Å². The third kappa shape index (κ3) is 4.94. The number of hydrogen-bond donors (Lipinski definition) is 0. The van der Waals surface area contributed by atoms with Crippen molar-refractivity contribution >= 4 is 5.91 Å². The number of rotatable bonds is 6. The summed E-state index contributed by atoms with van der Waals surface area (Å²) in [6.07, 6.45) is 6.36. The Morgan fingerprint density at radius 3 is 2.76 bits per heavy atom. The van der Waals surface area contributed by atoms with Crippen LogP contribution in [0.1, 0.15) is 45.4 Å². The van der Waals surface area contributed by atoms with Crippen LogP contribution in [0.15, 0.2) is 24.3 Å². The summed E-state index contributed by atoms with van der Waals surface area (Å²) >= 11 is 0. The molecule has 3 rings (SSSR count). The van der Waals surface area contributed by atoms with Gasteiger partial charge in [0, 0.05) is 25.2 Å². The third-order valence-electron chi connectivity index (χ3n) is 5.34. The summed E-state index contributed by atoms with van der Waals surface area (Å²) in [6.45, 7) is 6.03. The van der Waals surface area contributed by atoms with Crippen LogP contribution in [0.4, 0.5) is 4.39 Å². The van der Waals surface area contributed by atoms with E-state index in [1.807, 2.05) is 4.90 Å². The van der Waals surface area contributed by atoms with Gasteiger partial charge in [0.15, 0.2) is 6.10 Å². The number of ether oxygens (including phenoxy) is 1. The van der Waals surface area contributed by atoms with E-state index < -0.39 is 6.10 Å². The molecule has 0 spiro atoms. The summed E-state index contributed by atoms with van der Waals surface area (Å²) in [4.78, 5) is 17.4. The summed E-state index contributed by atoms with van der Waals surface area (Å²) in [5, 5.41) is 0. The topological polar surface area (TPSA) is 32.8 Å². The van der Waals surface area contributed by atoms with Crippen molar-refractivity contribution < 1.29 is 13.9 Å². The van der Waals surface area contributed by atoms with Crippen molar-refractivity contribution in [3.63, 3.8) is 0 Å². The second-order valence-corrected chi connectivity index (χ2v) is 7.24. The van der Waals surface area contributed by atoms with Gasteiger partial charge >= 0.3 is 0 Å². The zero-order chi connectivity index (χ0) is 17.6. The average molecular weight is 348 g/mol. The molecule has 4 nitrogen and oxygen atoms in total. The predicted octanol–water partition coefficient (Wildman–Crippen LogP) is 3.46. The fourth-order valence-electron chi connectivity index (χ4n) is 3.96. The van der Waals surface area contributed by atoms with Crippen molar-refractivity contribution in [2.45, 2.75) is 57.6 Å². The first kappa shape index (κ1) is 18.2. The predicted molar refractivity (Wildman–Crippen MR) is 96.1 cm³/mol. The lowest BCUT2D eigenvalue weighted by Gasteiger charge is -2.38. The smallest absolute Gasteiger partial charge is 0.263 e. The van der Waals surface area contributed by atoms with Crippen LogP contribution in [-0.2, 0) is 4.79 Å². The van der Waals surface area contributed by atoms with E-state index in [-0.39, 0.29) is 11.7 Å². The fraction of sp³-hybridized carbons (Fsp3) is 0.650. The number of piperidine rings is 1. The highest BCUT2D eigenvalue weighted by atomic mass is 19.1. The fourth-order valence-corrected chi connectivity index (χ4v) is 3.96. The molecule has 2 saturated heterocycles. The largest absolute Gasteiger partial charge is 0.481 e. The lowest BCUT2D eigenvalue weighted by atomic mass is 9.98. The maximum absolute atomic E-state index is 13.3. The Morgan fingerprint density at radius 2 is 2.00 bits per heavy atom. The number of hydrogen-bond acceptors (Lipinski definition) is 3. The van der Waals surface area contributed by atoms with E-state index in [4.69, 9.17) is 4.74 Å². The molecule has 2 aliphatic rings. The monoisotopic (exact) mass is 348 g/mol. The van der Waals surface area contributed by atoms with Crippen LogP contribution in [-0.4, -0.2) is 54.0 Å². The maximum atomic E-state index is 13.3. The van der Waals surface area contributed by atoms with Crippen molar-refractivity contribution in [1.29, 1.82) is 0 Å². The molecule has 0 saturated carbocycles. The number of halogens is 1. The SMILES string of the molecule is C[C@H](Oc1cccc(F)c1)C(=O)N1CCCC[C@@H]1CCN1CCCC1. The molecule has 2 fully saturated rings. The number of nitrogens with zero attached hydrogens (tertiary/aromatic N) is 2. The third-order valence-corrected chi connectivity index (χ3v) is 5.34. The highest BCUT2D eigenvalue weighted by Crippen LogP contribution is 2.23. The minimum absolute atomic E-state index is 0.0235. The van der Waals surface area contributed by atoms with Gasteiger partial charge in [-0.15, -0.1) is 0 Å². The van der Waals surface area contributed by atoms with E-state index >= 15 is 0 Å². The van der Waals surface area contributed by atoms with Gasteiger partial charge < -0.3 is 14.5 Å². The van der Waals surface area contributed by atoms with Gasteiger partial charge in [0.05, 0.1) is 0 Å². The molecule has 0 bridgehead atoms. The summed E-state index contributed by atoms with van der Waals surface area (Å²) in [6, 6.07) is 6.29. The van der Waals surface area contributed by atoms with Crippen molar-refractivity contribution in [1.82, 2.24) is 9.80 Å². The van der Waals surface area contributed by atoms with Crippen LogP contribution in [0, 0.1) is 5.82 Å². The zero-order valence-corrected chi connectivity index (χ0v) is 15.1. The normalized spacial score (nSPS) is 22.8. The maximum Gasteiger partial charge on any atom is 0.263 e. The lowest BCUT2D eigenvalue weighted by molar-refractivity contribution is -0.142. The molecule has 2 atom stereocenters. The first-order valence-corrected chi connectivity index (χ1v) is 9.58. The van der Waals surface area contributed by atoms with Crippen LogP contribution in [0.25, 0.3) is 0 Å². The van der Waals surface area contributed by atoms with Crippen molar-refractivity contribution in [2.24, 2.45) is 0 Å². The standard InChI is InChI=1S/C20H29FN2O2/c1-16(25-19-9-6-7-17(21)15-19)20(24)23-13-3-2-8-18(23)10-14-22-11-4-5-12-22/h6-7,9,15-16,18H,2-5,8,10-14H2,1H3/t16-,18+/m0/s1. The summed E-state index contributed by atoms with van der Waals surface area (Å²) in [5.41, 5.74) is 0. The van der Waals surface area contributed by atoms with Crippen LogP contribution < -0.4 is 4.74 Å². The molecule has 138 valence electrons. The molecule has 0 N–H and O–H groups in total. The van der Waals surface area contributed by atoms with Gasteiger partial charge in [-0.25, -0.2) is 4.39 Å². The highest BCUT2D eigenvalue weighted by molar-refractivity contribution is 5.81. The van der Waals surface area contributed by atoms with Gasteiger partial charge in [-0.3, -0.25) is 4.79 Å². The van der Waals surface area contributed by atoms with Gasteiger partial charge in [0.2, 0.25) is 0 Å². The highest BCUT2D eigenvalue weighted by Gasteiger charge is 2.31. The number of carbonyl (C=O) groups is 1. The Balaban J connectivity index is 1.57. The summed E-state index contributed by atoms with van der Waals surface area (Å²) in [5.74, 6) is 0.0838. The van der Waals surface area contributed by atoms with Crippen molar-refractivity contribution in [2.75, 3.05) is 26.2 Å². The Bertz CT molecular complexity index is 575. The molecule has 1 amide bonds. The minimum atomic E-state index is -0.589. The number of benzene rings is 1. The lowest BCUT2D eigenvalue weighted by Crippen LogP contribution is -2.49. The second kappa shape index (κ2) is 8.65. The molecule has 2 aliphatic heterocycles. The molecule has 5 heteroatoms. The van der Waals surface area contributed by atoms with Gasteiger partial charge in [0.1, 0.15) is 11.6 Å². The van der Waals surface area contributed by atoms with Gasteiger partial charge in [0.25, 0.3) is 5.91 Å². The molecule has 1 aromatic carbocycles. The van der Waals surface area contributed by atoms with E-state index in [1.165, 1.54) is 44.5 Å². The molecule has 25 heavy (non-hydrogen) atoms. The van der Waals surface area contributed by atoms with Gasteiger partial charge in [-0.05, 0) is 70.7 Å². The summed E-state index contributed by atoms with van der Waals surface area (Å²) < 4.78 is 19.0. The first-order chi connectivity index (χ1) is 12.1. The number of carbonyl (C=O) groups excluding carboxylic acids is 1. The number of amides is 1. The van der Waals surface area contributed by atoms with Crippen LogP contribution in [0.3, 0.4) is 0 Å². The van der Waals surface area contributed by atoms with Crippen molar-refractivity contribution in [3.05, 3.63) is 30.1 Å². The van der Waals surface area contributed by atoms with E-state index in [0.29, 0.717) is 11.8 Å². The van der Waals surface area contributed by atoms with E-state index in [9.17, 15) is 9.18 Å².